The normalized spacial score (nSPS) is 11.6. The molecule has 0 aliphatic heterocycles. The van der Waals surface area contributed by atoms with E-state index in [9.17, 15) is 13.2 Å². The lowest BCUT2D eigenvalue weighted by Crippen LogP contribution is -2.38. The largest absolute Gasteiger partial charge is 0.299 e. The van der Waals surface area contributed by atoms with Gasteiger partial charge in [-0.05, 0) is 50.1 Å². The van der Waals surface area contributed by atoms with Crippen molar-refractivity contribution >= 4 is 49.8 Å². The third-order valence-electron chi connectivity index (χ3n) is 4.73. The number of aryl methyl sites for hydroxylation is 2. The second-order valence-electron chi connectivity index (χ2n) is 7.63. The maximum absolute atomic E-state index is 13.5. The molecule has 0 fully saturated rings. The summed E-state index contributed by atoms with van der Waals surface area (Å²) in [7, 11) is -3.97. The van der Waals surface area contributed by atoms with Gasteiger partial charge >= 0.3 is 0 Å². The van der Waals surface area contributed by atoms with E-state index in [2.05, 4.69) is 15.5 Å². The van der Waals surface area contributed by atoms with Crippen LogP contribution in [-0.2, 0) is 14.8 Å². The van der Waals surface area contributed by atoms with Crippen LogP contribution in [-0.4, -0.2) is 36.3 Å². The van der Waals surface area contributed by atoms with Gasteiger partial charge in [-0.2, -0.15) is 0 Å². The highest BCUT2D eigenvalue weighted by Crippen LogP contribution is 2.30. The average molecular weight is 491 g/mol. The van der Waals surface area contributed by atoms with Crippen LogP contribution in [0.4, 0.5) is 10.8 Å². The summed E-state index contributed by atoms with van der Waals surface area (Å²) in [5.41, 5.74) is 3.15. The standard InChI is InChI=1S/C22H26N4O3S3/c1-14(2)30-22-25-24-21(31-22)23-20(27)13-26(19-8-6-7-16(4)17(19)5)32(28,29)18-11-9-15(3)10-12-18/h6-12,14H,13H2,1-5H3,(H,23,24,27). The molecule has 0 aliphatic carbocycles. The van der Waals surface area contributed by atoms with Gasteiger partial charge in [0, 0.05) is 5.25 Å². The molecule has 0 radical (unpaired) electrons. The molecule has 1 heterocycles. The van der Waals surface area contributed by atoms with Gasteiger partial charge in [0.15, 0.2) is 4.34 Å². The van der Waals surface area contributed by atoms with E-state index in [1.165, 1.54) is 11.3 Å². The summed E-state index contributed by atoms with van der Waals surface area (Å²) in [5, 5.41) is 11.4. The lowest BCUT2D eigenvalue weighted by atomic mass is 10.1. The van der Waals surface area contributed by atoms with Crippen LogP contribution in [0.2, 0.25) is 0 Å². The number of nitrogens with one attached hydrogen (secondary N) is 1. The Morgan fingerprint density at radius 2 is 1.78 bits per heavy atom. The van der Waals surface area contributed by atoms with E-state index in [1.807, 2.05) is 40.7 Å². The van der Waals surface area contributed by atoms with Crippen molar-refractivity contribution < 1.29 is 13.2 Å². The topological polar surface area (TPSA) is 92.3 Å². The molecule has 10 heteroatoms. The maximum Gasteiger partial charge on any atom is 0.264 e. The number of anilines is 2. The van der Waals surface area contributed by atoms with E-state index in [0.29, 0.717) is 16.1 Å². The first kappa shape index (κ1) is 24.2. The van der Waals surface area contributed by atoms with E-state index in [4.69, 9.17) is 0 Å². The Bertz CT molecular complexity index is 1210. The molecule has 0 atom stereocenters. The predicted octanol–water partition coefficient (Wildman–Crippen LogP) is 4.80. The van der Waals surface area contributed by atoms with Gasteiger partial charge in [0.25, 0.3) is 10.0 Å². The van der Waals surface area contributed by atoms with Crippen molar-refractivity contribution in [2.75, 3.05) is 16.2 Å². The molecule has 32 heavy (non-hydrogen) atoms. The minimum absolute atomic E-state index is 0.128. The highest BCUT2D eigenvalue weighted by molar-refractivity contribution is 8.01. The fourth-order valence-corrected chi connectivity index (χ4v) is 6.41. The van der Waals surface area contributed by atoms with Gasteiger partial charge in [0.05, 0.1) is 10.6 Å². The summed E-state index contributed by atoms with van der Waals surface area (Å²) in [4.78, 5) is 13.0. The Morgan fingerprint density at radius 1 is 1.09 bits per heavy atom. The van der Waals surface area contributed by atoms with Crippen LogP contribution >= 0.6 is 23.1 Å². The Kier molecular flexibility index (Phi) is 7.58. The first-order chi connectivity index (χ1) is 15.1. The molecule has 0 spiro atoms. The first-order valence-electron chi connectivity index (χ1n) is 10.0. The zero-order valence-corrected chi connectivity index (χ0v) is 21.1. The number of hydrogen-bond donors (Lipinski definition) is 1. The van der Waals surface area contributed by atoms with E-state index in [1.54, 1.807) is 48.2 Å². The minimum Gasteiger partial charge on any atom is -0.299 e. The molecule has 1 aromatic heterocycles. The van der Waals surface area contributed by atoms with Gasteiger partial charge in [0.1, 0.15) is 6.54 Å². The van der Waals surface area contributed by atoms with Gasteiger partial charge in [-0.3, -0.25) is 14.4 Å². The lowest BCUT2D eigenvalue weighted by Gasteiger charge is -2.26. The van der Waals surface area contributed by atoms with Crippen LogP contribution in [0.5, 0.6) is 0 Å². The van der Waals surface area contributed by atoms with Gasteiger partial charge < -0.3 is 0 Å². The molecule has 2 aromatic carbocycles. The molecule has 1 amide bonds. The number of rotatable bonds is 8. The second kappa shape index (κ2) is 10.0. The molecule has 0 unspecified atom stereocenters. The van der Waals surface area contributed by atoms with Crippen LogP contribution < -0.4 is 9.62 Å². The summed E-state index contributed by atoms with van der Waals surface area (Å²) in [6.07, 6.45) is 0. The molecular weight excluding hydrogens is 464 g/mol. The van der Waals surface area contributed by atoms with Crippen molar-refractivity contribution in [3.8, 4) is 0 Å². The van der Waals surface area contributed by atoms with Crippen LogP contribution in [0, 0.1) is 20.8 Å². The summed E-state index contributed by atoms with van der Waals surface area (Å²) < 4.78 is 29.0. The van der Waals surface area contributed by atoms with Crippen LogP contribution in [0.15, 0.2) is 51.7 Å². The average Bonchev–Trinajstić information content (AvgIpc) is 3.14. The molecule has 3 rings (SSSR count). The molecule has 0 bridgehead atoms. The summed E-state index contributed by atoms with van der Waals surface area (Å²) in [6, 6.07) is 12.0. The number of carbonyl (C=O) groups is 1. The summed E-state index contributed by atoms with van der Waals surface area (Å²) >= 11 is 2.81. The first-order valence-corrected chi connectivity index (χ1v) is 13.2. The number of hydrogen-bond acceptors (Lipinski definition) is 7. The molecule has 0 aliphatic rings. The third-order valence-corrected chi connectivity index (χ3v) is 8.43. The quantitative estimate of drug-likeness (QED) is 0.360. The Balaban J connectivity index is 1.92. The molecular formula is C22H26N4O3S3. The minimum atomic E-state index is -3.97. The van der Waals surface area contributed by atoms with Gasteiger partial charge in [-0.15, -0.1) is 10.2 Å². The van der Waals surface area contributed by atoms with Gasteiger partial charge in [0.2, 0.25) is 11.0 Å². The fraction of sp³-hybridized carbons (Fsp3) is 0.318. The molecule has 0 saturated carbocycles. The van der Waals surface area contributed by atoms with E-state index in [0.717, 1.165) is 25.3 Å². The highest BCUT2D eigenvalue weighted by Gasteiger charge is 2.29. The number of sulfonamides is 1. The molecule has 1 N–H and O–H groups in total. The molecule has 0 saturated heterocycles. The SMILES string of the molecule is Cc1ccc(S(=O)(=O)N(CC(=O)Nc2nnc(SC(C)C)s2)c2cccc(C)c2C)cc1. The van der Waals surface area contributed by atoms with E-state index < -0.39 is 15.9 Å². The highest BCUT2D eigenvalue weighted by atomic mass is 32.2. The van der Waals surface area contributed by atoms with Crippen LogP contribution in [0.25, 0.3) is 0 Å². The smallest absolute Gasteiger partial charge is 0.264 e. The number of carbonyl (C=O) groups excluding carboxylic acids is 1. The Hall–Kier alpha value is -2.43. The number of aromatic nitrogens is 2. The zero-order chi connectivity index (χ0) is 23.5. The van der Waals surface area contributed by atoms with Gasteiger partial charge in [-0.1, -0.05) is 66.8 Å². The third kappa shape index (κ3) is 5.67. The monoisotopic (exact) mass is 490 g/mol. The van der Waals surface area contributed by atoms with Gasteiger partial charge in [-0.25, -0.2) is 8.42 Å². The predicted molar refractivity (Wildman–Crippen MR) is 131 cm³/mol. The van der Waals surface area contributed by atoms with Crippen LogP contribution in [0.3, 0.4) is 0 Å². The number of benzene rings is 2. The van der Waals surface area contributed by atoms with Crippen molar-refractivity contribution in [1.82, 2.24) is 10.2 Å². The fourth-order valence-electron chi connectivity index (χ4n) is 2.94. The molecule has 3 aromatic rings. The number of amides is 1. The lowest BCUT2D eigenvalue weighted by molar-refractivity contribution is -0.114. The number of nitrogens with zero attached hydrogens (tertiary/aromatic N) is 3. The van der Waals surface area contributed by atoms with Crippen molar-refractivity contribution in [2.24, 2.45) is 0 Å². The number of thioether (sulfide) groups is 1. The Morgan fingerprint density at radius 3 is 2.44 bits per heavy atom. The zero-order valence-electron chi connectivity index (χ0n) is 18.6. The van der Waals surface area contributed by atoms with E-state index in [-0.39, 0.29) is 11.4 Å². The molecule has 170 valence electrons. The van der Waals surface area contributed by atoms with Crippen molar-refractivity contribution in [1.29, 1.82) is 0 Å². The Labute approximate surface area is 197 Å². The van der Waals surface area contributed by atoms with Crippen molar-refractivity contribution in [3.63, 3.8) is 0 Å². The van der Waals surface area contributed by atoms with E-state index >= 15 is 0 Å². The van der Waals surface area contributed by atoms with Crippen molar-refractivity contribution in [3.05, 3.63) is 59.2 Å². The summed E-state index contributed by atoms with van der Waals surface area (Å²) in [5.74, 6) is -0.487. The van der Waals surface area contributed by atoms with Crippen molar-refractivity contribution in [2.45, 2.75) is 49.1 Å². The summed E-state index contributed by atoms with van der Waals surface area (Å²) in [6.45, 7) is 9.35. The van der Waals surface area contributed by atoms with Crippen LogP contribution in [0.1, 0.15) is 30.5 Å². The maximum atomic E-state index is 13.5. The second-order valence-corrected chi connectivity index (χ2v) is 12.3. The molecule has 7 nitrogen and oxygen atoms in total.